The molecule has 3 rings (SSSR count). The van der Waals surface area contributed by atoms with Gasteiger partial charge in [0.25, 0.3) is 0 Å². The fourth-order valence-electron chi connectivity index (χ4n) is 4.28. The standard InChI is InChI=1S/C31H39N3O5S/c1-23-15-17-25(18-16-23)21-33(28(30(36)32-31(2,3)4)19-24-11-8-7-9-12-24)29(35)22-34(40(6,37)38)26-13-10-14-27(20-26)39-5/h7-18,20,28H,19,21-22H2,1-6H3,(H,32,36)/t28-/m0/s1. The van der Waals surface area contributed by atoms with Gasteiger partial charge in [-0.15, -0.1) is 0 Å². The van der Waals surface area contributed by atoms with E-state index in [1.807, 2.05) is 82.3 Å². The number of sulfonamides is 1. The highest BCUT2D eigenvalue weighted by Crippen LogP contribution is 2.24. The minimum absolute atomic E-state index is 0.129. The van der Waals surface area contributed by atoms with Gasteiger partial charge in [0.2, 0.25) is 21.8 Å². The van der Waals surface area contributed by atoms with Crippen LogP contribution in [0.2, 0.25) is 0 Å². The molecule has 40 heavy (non-hydrogen) atoms. The average molecular weight is 566 g/mol. The molecule has 8 nitrogen and oxygen atoms in total. The van der Waals surface area contributed by atoms with Crippen LogP contribution in [0, 0.1) is 6.92 Å². The number of amides is 2. The summed E-state index contributed by atoms with van der Waals surface area (Å²) < 4.78 is 32.1. The van der Waals surface area contributed by atoms with E-state index in [9.17, 15) is 18.0 Å². The number of hydrogen-bond donors (Lipinski definition) is 1. The topological polar surface area (TPSA) is 96.0 Å². The SMILES string of the molecule is COc1cccc(N(CC(=O)N(Cc2ccc(C)cc2)[C@@H](Cc2ccccc2)C(=O)NC(C)(C)C)S(C)(=O)=O)c1. The van der Waals surface area contributed by atoms with Crippen LogP contribution in [0.25, 0.3) is 0 Å². The van der Waals surface area contributed by atoms with Crippen molar-refractivity contribution in [2.45, 2.75) is 52.2 Å². The zero-order chi connectivity index (χ0) is 29.5. The number of carbonyl (C=O) groups excluding carboxylic acids is 2. The van der Waals surface area contributed by atoms with Crippen LogP contribution in [-0.2, 0) is 32.6 Å². The second-order valence-corrected chi connectivity index (χ2v) is 12.8. The first-order valence-electron chi connectivity index (χ1n) is 13.1. The van der Waals surface area contributed by atoms with Crippen molar-refractivity contribution >= 4 is 27.5 Å². The molecular weight excluding hydrogens is 526 g/mol. The molecule has 0 unspecified atom stereocenters. The third-order valence-electron chi connectivity index (χ3n) is 6.26. The van der Waals surface area contributed by atoms with Crippen molar-refractivity contribution in [2.24, 2.45) is 0 Å². The van der Waals surface area contributed by atoms with Crippen LogP contribution in [0.5, 0.6) is 5.75 Å². The summed E-state index contributed by atoms with van der Waals surface area (Å²) in [7, 11) is -2.37. The molecule has 0 heterocycles. The van der Waals surface area contributed by atoms with Gasteiger partial charge >= 0.3 is 0 Å². The Hall–Kier alpha value is -3.85. The maximum Gasteiger partial charge on any atom is 0.244 e. The number of rotatable bonds is 11. The van der Waals surface area contributed by atoms with Gasteiger partial charge in [-0.2, -0.15) is 0 Å². The Morgan fingerprint density at radius 3 is 2.15 bits per heavy atom. The molecule has 0 aliphatic heterocycles. The maximum atomic E-state index is 14.1. The van der Waals surface area contributed by atoms with Crippen LogP contribution >= 0.6 is 0 Å². The van der Waals surface area contributed by atoms with Crippen molar-refractivity contribution in [1.29, 1.82) is 0 Å². The minimum Gasteiger partial charge on any atom is -0.497 e. The van der Waals surface area contributed by atoms with Crippen LogP contribution in [-0.4, -0.2) is 56.6 Å². The van der Waals surface area contributed by atoms with Crippen molar-refractivity contribution in [3.05, 3.63) is 95.6 Å². The van der Waals surface area contributed by atoms with E-state index in [2.05, 4.69) is 5.32 Å². The summed E-state index contributed by atoms with van der Waals surface area (Å²) in [5, 5.41) is 3.02. The Bertz CT molecular complexity index is 1400. The van der Waals surface area contributed by atoms with E-state index in [1.165, 1.54) is 12.0 Å². The Labute approximate surface area is 238 Å². The van der Waals surface area contributed by atoms with Gasteiger partial charge in [0, 0.05) is 24.6 Å². The molecule has 2 amide bonds. The van der Waals surface area contributed by atoms with Crippen molar-refractivity contribution in [3.8, 4) is 5.75 Å². The number of nitrogens with zero attached hydrogens (tertiary/aromatic N) is 2. The molecule has 0 radical (unpaired) electrons. The lowest BCUT2D eigenvalue weighted by atomic mass is 10.0. The fourth-order valence-corrected chi connectivity index (χ4v) is 5.12. The Balaban J connectivity index is 2.07. The lowest BCUT2D eigenvalue weighted by Gasteiger charge is -2.35. The van der Waals surface area contributed by atoms with E-state index in [-0.39, 0.29) is 18.9 Å². The van der Waals surface area contributed by atoms with E-state index in [4.69, 9.17) is 4.74 Å². The van der Waals surface area contributed by atoms with Crippen LogP contribution < -0.4 is 14.4 Å². The highest BCUT2D eigenvalue weighted by Gasteiger charge is 2.34. The van der Waals surface area contributed by atoms with Gasteiger partial charge in [0.1, 0.15) is 18.3 Å². The number of hydrogen-bond acceptors (Lipinski definition) is 5. The van der Waals surface area contributed by atoms with Crippen LogP contribution in [0.15, 0.2) is 78.9 Å². The number of carbonyl (C=O) groups is 2. The van der Waals surface area contributed by atoms with Crippen LogP contribution in [0.3, 0.4) is 0 Å². The van der Waals surface area contributed by atoms with Crippen LogP contribution in [0.1, 0.15) is 37.5 Å². The largest absolute Gasteiger partial charge is 0.497 e. The van der Waals surface area contributed by atoms with E-state index in [0.717, 1.165) is 27.3 Å². The van der Waals surface area contributed by atoms with Gasteiger partial charge in [-0.25, -0.2) is 8.42 Å². The number of nitrogens with one attached hydrogen (secondary N) is 1. The third kappa shape index (κ3) is 8.84. The average Bonchev–Trinajstić information content (AvgIpc) is 2.89. The van der Waals surface area contributed by atoms with Crippen molar-refractivity contribution < 1.29 is 22.7 Å². The zero-order valence-electron chi connectivity index (χ0n) is 24.0. The van der Waals surface area contributed by atoms with Gasteiger partial charge in [-0.05, 0) is 51.0 Å². The molecule has 0 bridgehead atoms. The number of ether oxygens (including phenoxy) is 1. The van der Waals surface area contributed by atoms with Crippen molar-refractivity contribution in [2.75, 3.05) is 24.2 Å². The molecule has 0 aromatic heterocycles. The van der Waals surface area contributed by atoms with E-state index >= 15 is 0 Å². The van der Waals surface area contributed by atoms with Gasteiger partial charge in [-0.3, -0.25) is 13.9 Å². The first-order chi connectivity index (χ1) is 18.8. The number of aryl methyl sites for hydroxylation is 1. The maximum absolute atomic E-state index is 14.1. The van der Waals surface area contributed by atoms with Crippen LogP contribution in [0.4, 0.5) is 5.69 Å². The predicted molar refractivity (Wildman–Crippen MR) is 159 cm³/mol. The molecule has 0 fully saturated rings. The highest BCUT2D eigenvalue weighted by molar-refractivity contribution is 7.92. The summed E-state index contributed by atoms with van der Waals surface area (Å²) in [6.07, 6.45) is 1.32. The first kappa shape index (κ1) is 30.7. The molecular formula is C31H39N3O5S. The second kappa shape index (κ2) is 13.0. The minimum atomic E-state index is -3.85. The summed E-state index contributed by atoms with van der Waals surface area (Å²) in [6, 6.07) is 22.8. The molecule has 0 saturated heterocycles. The number of benzene rings is 3. The molecule has 1 N–H and O–H groups in total. The first-order valence-corrected chi connectivity index (χ1v) is 14.9. The number of methoxy groups -OCH3 is 1. The summed E-state index contributed by atoms with van der Waals surface area (Å²) >= 11 is 0. The van der Waals surface area contributed by atoms with Gasteiger partial charge < -0.3 is 15.0 Å². The Morgan fingerprint density at radius 1 is 0.925 bits per heavy atom. The Morgan fingerprint density at radius 2 is 1.57 bits per heavy atom. The summed E-state index contributed by atoms with van der Waals surface area (Å²) in [4.78, 5) is 29.3. The summed E-state index contributed by atoms with van der Waals surface area (Å²) in [6.45, 7) is 7.26. The monoisotopic (exact) mass is 565 g/mol. The zero-order valence-corrected chi connectivity index (χ0v) is 24.9. The van der Waals surface area contributed by atoms with E-state index in [1.54, 1.807) is 24.3 Å². The number of anilines is 1. The summed E-state index contributed by atoms with van der Waals surface area (Å²) in [5.41, 5.74) is 2.53. The smallest absolute Gasteiger partial charge is 0.244 e. The quantitative estimate of drug-likeness (QED) is 0.374. The predicted octanol–water partition coefficient (Wildman–Crippen LogP) is 4.32. The molecule has 0 saturated carbocycles. The van der Waals surface area contributed by atoms with Crippen molar-refractivity contribution in [3.63, 3.8) is 0 Å². The normalized spacial score (nSPS) is 12.3. The Kier molecular flexibility index (Phi) is 9.98. The fraction of sp³-hybridized carbons (Fsp3) is 0.355. The van der Waals surface area contributed by atoms with E-state index < -0.39 is 34.1 Å². The molecule has 0 aliphatic rings. The van der Waals surface area contributed by atoms with Gasteiger partial charge in [0.05, 0.1) is 19.1 Å². The molecule has 0 spiro atoms. The molecule has 3 aromatic rings. The third-order valence-corrected chi connectivity index (χ3v) is 7.40. The van der Waals surface area contributed by atoms with Crippen molar-refractivity contribution in [1.82, 2.24) is 10.2 Å². The van der Waals surface area contributed by atoms with Gasteiger partial charge in [0.15, 0.2) is 0 Å². The lowest BCUT2D eigenvalue weighted by Crippen LogP contribution is -2.56. The molecule has 3 aromatic carbocycles. The molecule has 1 atom stereocenters. The summed E-state index contributed by atoms with van der Waals surface area (Å²) in [5.74, 6) is -0.357. The molecule has 214 valence electrons. The van der Waals surface area contributed by atoms with Gasteiger partial charge in [-0.1, -0.05) is 66.2 Å². The highest BCUT2D eigenvalue weighted by atomic mass is 32.2. The molecule has 0 aliphatic carbocycles. The second-order valence-electron chi connectivity index (χ2n) is 10.9. The van der Waals surface area contributed by atoms with E-state index in [0.29, 0.717) is 11.4 Å². The lowest BCUT2D eigenvalue weighted by molar-refractivity contribution is -0.140. The molecule has 9 heteroatoms.